The monoisotopic (exact) mass is 289 g/mol. The van der Waals surface area contributed by atoms with Crippen LogP contribution in [0.4, 0.5) is 0 Å². The van der Waals surface area contributed by atoms with Crippen LogP contribution in [0.2, 0.25) is 0 Å². The molecule has 1 aromatic rings. The van der Waals surface area contributed by atoms with Gasteiger partial charge in [-0.1, -0.05) is 26.0 Å². The molecular weight excluding hydrogens is 262 g/mol. The Morgan fingerprint density at radius 3 is 2.48 bits per heavy atom. The standard InChI is InChI=1S/C18H27NO2/c1-13(2)10-11-19-18(20)12-17(14-4-5-14)15-6-8-16(21-3)9-7-15/h6-9,13-14,17H,4-5,10-12H2,1-3H3,(H,19,20). The first-order valence-corrected chi connectivity index (χ1v) is 8.00. The summed E-state index contributed by atoms with van der Waals surface area (Å²) in [5.74, 6) is 2.72. The van der Waals surface area contributed by atoms with Crippen LogP contribution in [0.5, 0.6) is 5.75 Å². The normalized spacial score (nSPS) is 15.8. The Morgan fingerprint density at radius 2 is 1.95 bits per heavy atom. The van der Waals surface area contributed by atoms with E-state index in [4.69, 9.17) is 4.74 Å². The summed E-state index contributed by atoms with van der Waals surface area (Å²) in [6, 6.07) is 8.18. The maximum Gasteiger partial charge on any atom is 0.220 e. The van der Waals surface area contributed by atoms with Gasteiger partial charge in [-0.15, -0.1) is 0 Å². The number of nitrogens with one attached hydrogen (secondary N) is 1. The zero-order valence-electron chi connectivity index (χ0n) is 13.4. The van der Waals surface area contributed by atoms with Crippen molar-refractivity contribution >= 4 is 5.91 Å². The highest BCUT2D eigenvalue weighted by molar-refractivity contribution is 5.77. The Hall–Kier alpha value is -1.51. The summed E-state index contributed by atoms with van der Waals surface area (Å²) < 4.78 is 5.20. The number of hydrogen-bond acceptors (Lipinski definition) is 2. The largest absolute Gasteiger partial charge is 0.497 e. The van der Waals surface area contributed by atoms with Crippen molar-refractivity contribution in [1.29, 1.82) is 0 Å². The maximum atomic E-state index is 12.1. The molecule has 1 aliphatic carbocycles. The third-order valence-electron chi connectivity index (χ3n) is 4.18. The Bertz CT molecular complexity index is 449. The van der Waals surface area contributed by atoms with Gasteiger partial charge in [-0.2, -0.15) is 0 Å². The van der Waals surface area contributed by atoms with Gasteiger partial charge < -0.3 is 10.1 Å². The molecule has 1 fully saturated rings. The zero-order chi connectivity index (χ0) is 15.2. The van der Waals surface area contributed by atoms with Gasteiger partial charge in [-0.3, -0.25) is 4.79 Å². The number of hydrogen-bond donors (Lipinski definition) is 1. The van der Waals surface area contributed by atoms with Crippen molar-refractivity contribution in [2.75, 3.05) is 13.7 Å². The van der Waals surface area contributed by atoms with Crippen LogP contribution in [0.15, 0.2) is 24.3 Å². The van der Waals surface area contributed by atoms with Crippen molar-refractivity contribution in [1.82, 2.24) is 5.32 Å². The first-order chi connectivity index (χ1) is 10.1. The van der Waals surface area contributed by atoms with Gasteiger partial charge in [0.2, 0.25) is 5.91 Å². The Kier molecular flexibility index (Phi) is 5.66. The van der Waals surface area contributed by atoms with Crippen LogP contribution < -0.4 is 10.1 Å². The minimum atomic E-state index is 0.184. The van der Waals surface area contributed by atoms with Gasteiger partial charge in [0.25, 0.3) is 0 Å². The molecule has 3 heteroatoms. The highest BCUT2D eigenvalue weighted by Gasteiger charge is 2.33. The molecule has 1 saturated carbocycles. The molecule has 0 aromatic heterocycles. The summed E-state index contributed by atoms with van der Waals surface area (Å²) in [5.41, 5.74) is 1.26. The molecule has 116 valence electrons. The third-order valence-corrected chi connectivity index (χ3v) is 4.18. The molecule has 1 atom stereocenters. The van der Waals surface area contributed by atoms with E-state index >= 15 is 0 Å². The van der Waals surface area contributed by atoms with Crippen molar-refractivity contribution in [2.24, 2.45) is 11.8 Å². The summed E-state index contributed by atoms with van der Waals surface area (Å²) in [6.07, 6.45) is 4.14. The molecule has 0 aliphatic heterocycles. The van der Waals surface area contributed by atoms with Crippen molar-refractivity contribution < 1.29 is 9.53 Å². The summed E-state index contributed by atoms with van der Waals surface area (Å²) in [5, 5.41) is 3.06. The van der Waals surface area contributed by atoms with Gasteiger partial charge >= 0.3 is 0 Å². The molecule has 0 radical (unpaired) electrons. The fourth-order valence-corrected chi connectivity index (χ4v) is 2.68. The maximum absolute atomic E-state index is 12.1. The topological polar surface area (TPSA) is 38.3 Å². The van der Waals surface area contributed by atoms with Crippen molar-refractivity contribution in [3.8, 4) is 5.75 Å². The zero-order valence-corrected chi connectivity index (χ0v) is 13.4. The van der Waals surface area contributed by atoms with Crippen LogP contribution in [0, 0.1) is 11.8 Å². The predicted molar refractivity (Wildman–Crippen MR) is 85.5 cm³/mol. The molecule has 1 unspecified atom stereocenters. The molecule has 0 saturated heterocycles. The van der Waals surface area contributed by atoms with Crippen molar-refractivity contribution in [3.05, 3.63) is 29.8 Å². The summed E-state index contributed by atoms with van der Waals surface area (Å²) in [4.78, 5) is 12.1. The van der Waals surface area contributed by atoms with Crippen LogP contribution >= 0.6 is 0 Å². The average molecular weight is 289 g/mol. The fraction of sp³-hybridized carbons (Fsp3) is 0.611. The summed E-state index contributed by atoms with van der Waals surface area (Å²) in [7, 11) is 1.68. The van der Waals surface area contributed by atoms with Crippen molar-refractivity contribution in [3.63, 3.8) is 0 Å². The predicted octanol–water partition coefficient (Wildman–Crippen LogP) is 3.74. The van der Waals surface area contributed by atoms with E-state index in [0.29, 0.717) is 24.2 Å². The molecule has 0 spiro atoms. The summed E-state index contributed by atoms with van der Waals surface area (Å²) >= 11 is 0. The van der Waals surface area contributed by atoms with Gasteiger partial charge in [0, 0.05) is 13.0 Å². The van der Waals surface area contributed by atoms with Gasteiger partial charge in [0.15, 0.2) is 0 Å². The van der Waals surface area contributed by atoms with Gasteiger partial charge in [-0.25, -0.2) is 0 Å². The lowest BCUT2D eigenvalue weighted by Gasteiger charge is -2.17. The van der Waals surface area contributed by atoms with Crippen LogP contribution in [0.3, 0.4) is 0 Å². The van der Waals surface area contributed by atoms with E-state index < -0.39 is 0 Å². The van der Waals surface area contributed by atoms with Crippen molar-refractivity contribution in [2.45, 2.75) is 45.4 Å². The van der Waals surface area contributed by atoms with E-state index in [1.165, 1.54) is 18.4 Å². The second-order valence-corrected chi connectivity index (χ2v) is 6.45. The lowest BCUT2D eigenvalue weighted by molar-refractivity contribution is -0.121. The molecule has 2 rings (SSSR count). The minimum Gasteiger partial charge on any atom is -0.497 e. The summed E-state index contributed by atoms with van der Waals surface area (Å²) in [6.45, 7) is 5.14. The molecule has 0 bridgehead atoms. The number of carbonyl (C=O) groups is 1. The molecule has 1 aromatic carbocycles. The minimum absolute atomic E-state index is 0.184. The Morgan fingerprint density at radius 1 is 1.29 bits per heavy atom. The second kappa shape index (κ2) is 7.48. The SMILES string of the molecule is COc1ccc(C(CC(=O)NCCC(C)C)C2CC2)cc1. The number of ether oxygens (including phenoxy) is 1. The molecule has 3 nitrogen and oxygen atoms in total. The molecule has 0 heterocycles. The molecule has 21 heavy (non-hydrogen) atoms. The first kappa shape index (κ1) is 15.9. The van der Waals surface area contributed by atoms with E-state index in [-0.39, 0.29) is 5.91 Å². The van der Waals surface area contributed by atoms with E-state index in [1.54, 1.807) is 7.11 Å². The Labute approximate surface area is 128 Å². The fourth-order valence-electron chi connectivity index (χ4n) is 2.68. The van der Waals surface area contributed by atoms with Gasteiger partial charge in [0.05, 0.1) is 7.11 Å². The first-order valence-electron chi connectivity index (χ1n) is 8.00. The van der Waals surface area contributed by atoms with Crippen LogP contribution in [-0.2, 0) is 4.79 Å². The molecule has 1 aliphatic rings. The van der Waals surface area contributed by atoms with Gasteiger partial charge in [0.1, 0.15) is 5.75 Å². The number of benzene rings is 1. The van der Waals surface area contributed by atoms with E-state index in [2.05, 4.69) is 31.3 Å². The number of carbonyl (C=O) groups excluding carboxylic acids is 1. The average Bonchev–Trinajstić information content (AvgIpc) is 3.29. The number of methoxy groups -OCH3 is 1. The number of amides is 1. The van der Waals surface area contributed by atoms with Crippen LogP contribution in [0.1, 0.15) is 51.0 Å². The number of rotatable bonds is 8. The van der Waals surface area contributed by atoms with E-state index in [0.717, 1.165) is 18.7 Å². The molecular formula is C18H27NO2. The van der Waals surface area contributed by atoms with E-state index in [1.807, 2.05) is 12.1 Å². The Balaban J connectivity index is 1.91. The lowest BCUT2D eigenvalue weighted by atomic mass is 9.90. The van der Waals surface area contributed by atoms with Crippen LogP contribution in [0.25, 0.3) is 0 Å². The smallest absolute Gasteiger partial charge is 0.220 e. The second-order valence-electron chi connectivity index (χ2n) is 6.45. The third kappa shape index (κ3) is 5.07. The van der Waals surface area contributed by atoms with Crippen LogP contribution in [-0.4, -0.2) is 19.6 Å². The quantitative estimate of drug-likeness (QED) is 0.791. The van der Waals surface area contributed by atoms with Gasteiger partial charge in [-0.05, 0) is 54.7 Å². The molecule has 1 N–H and O–H groups in total. The highest BCUT2D eigenvalue weighted by Crippen LogP contribution is 2.44. The van der Waals surface area contributed by atoms with E-state index in [9.17, 15) is 4.79 Å². The molecule has 1 amide bonds. The highest BCUT2D eigenvalue weighted by atomic mass is 16.5. The lowest BCUT2D eigenvalue weighted by Crippen LogP contribution is -2.27.